The fraction of sp³-hybridized carbons (Fsp3) is 0.529. The summed E-state index contributed by atoms with van der Waals surface area (Å²) in [6.07, 6.45) is 1.40. The first-order valence-electron chi connectivity index (χ1n) is 7.78. The van der Waals surface area contributed by atoms with Gasteiger partial charge in [0.1, 0.15) is 6.54 Å². The number of anilines is 2. The minimum Gasteiger partial charge on any atom is -0.378 e. The lowest BCUT2D eigenvalue weighted by atomic mass is 10.1. The Hall–Kier alpha value is -1.88. The van der Waals surface area contributed by atoms with Crippen molar-refractivity contribution in [3.05, 3.63) is 24.3 Å². The lowest BCUT2D eigenvalue weighted by Crippen LogP contribution is -2.42. The van der Waals surface area contributed by atoms with Crippen LogP contribution in [0.5, 0.6) is 0 Å². The molecule has 2 amide bonds. The predicted octanol–water partition coefficient (Wildman–Crippen LogP) is 2.81. The van der Waals surface area contributed by atoms with Crippen molar-refractivity contribution in [3.8, 4) is 0 Å². The molecule has 0 spiro atoms. The number of rotatable bonds is 6. The minimum atomic E-state index is -0.166. The van der Waals surface area contributed by atoms with E-state index in [2.05, 4.69) is 19.2 Å². The molecule has 0 aliphatic carbocycles. The summed E-state index contributed by atoms with van der Waals surface area (Å²) in [5, 5.41) is 2.78. The molecule has 0 radical (unpaired) electrons. The maximum atomic E-state index is 12.4. The first kappa shape index (κ1) is 16.5. The largest absolute Gasteiger partial charge is 0.378 e. The number of fused-ring (bicyclic) bond motifs is 1. The van der Waals surface area contributed by atoms with Gasteiger partial charge in [-0.15, -0.1) is 0 Å². The van der Waals surface area contributed by atoms with Gasteiger partial charge in [-0.25, -0.2) is 0 Å². The van der Waals surface area contributed by atoms with E-state index in [1.54, 1.807) is 6.07 Å². The number of amides is 2. The highest BCUT2D eigenvalue weighted by atomic mass is 16.5. The van der Waals surface area contributed by atoms with Gasteiger partial charge in [0.2, 0.25) is 11.8 Å². The van der Waals surface area contributed by atoms with E-state index in [1.807, 2.05) is 25.1 Å². The van der Waals surface area contributed by atoms with E-state index in [4.69, 9.17) is 4.74 Å². The molecule has 22 heavy (non-hydrogen) atoms. The van der Waals surface area contributed by atoms with E-state index in [-0.39, 0.29) is 30.9 Å². The van der Waals surface area contributed by atoms with Crippen LogP contribution in [0, 0.1) is 5.92 Å². The summed E-state index contributed by atoms with van der Waals surface area (Å²) in [6, 6.07) is 7.34. The Morgan fingerprint density at radius 2 is 2.05 bits per heavy atom. The molecule has 0 fully saturated rings. The summed E-state index contributed by atoms with van der Waals surface area (Å²) in [6.45, 7) is 6.76. The van der Waals surface area contributed by atoms with Crippen molar-refractivity contribution in [2.75, 3.05) is 23.4 Å². The van der Waals surface area contributed by atoms with Crippen molar-refractivity contribution in [3.63, 3.8) is 0 Å². The molecule has 5 heteroatoms. The van der Waals surface area contributed by atoms with Crippen molar-refractivity contribution in [1.82, 2.24) is 0 Å². The van der Waals surface area contributed by atoms with Crippen LogP contribution in [0.15, 0.2) is 24.3 Å². The third kappa shape index (κ3) is 4.31. The molecular weight excluding hydrogens is 280 g/mol. The molecule has 0 saturated carbocycles. The summed E-state index contributed by atoms with van der Waals surface area (Å²) < 4.78 is 5.68. The zero-order valence-corrected chi connectivity index (χ0v) is 13.5. The normalized spacial score (nSPS) is 15.5. The Labute approximate surface area is 131 Å². The highest BCUT2D eigenvalue weighted by molar-refractivity contribution is 6.09. The molecular formula is C17H24N2O3. The first-order valence-corrected chi connectivity index (χ1v) is 7.78. The number of nitrogens with one attached hydrogen (secondary N) is 1. The average molecular weight is 304 g/mol. The Morgan fingerprint density at radius 1 is 1.32 bits per heavy atom. The molecule has 1 aromatic rings. The first-order chi connectivity index (χ1) is 10.5. The summed E-state index contributed by atoms with van der Waals surface area (Å²) in [7, 11) is 0. The van der Waals surface area contributed by atoms with Gasteiger partial charge < -0.3 is 15.0 Å². The molecule has 0 aromatic heterocycles. The Bertz CT molecular complexity index is 542. The number of ether oxygens (including phenoxy) is 1. The van der Waals surface area contributed by atoms with E-state index in [9.17, 15) is 9.59 Å². The van der Waals surface area contributed by atoms with Gasteiger partial charge in [-0.2, -0.15) is 0 Å². The lowest BCUT2D eigenvalue weighted by Gasteiger charge is -2.29. The number of nitrogens with zero attached hydrogens (tertiary/aromatic N) is 1. The van der Waals surface area contributed by atoms with E-state index in [0.717, 1.165) is 12.1 Å². The molecule has 2 rings (SSSR count). The van der Waals surface area contributed by atoms with Gasteiger partial charge in [0.15, 0.2) is 0 Å². The van der Waals surface area contributed by atoms with Gasteiger partial charge in [0.05, 0.1) is 30.5 Å². The van der Waals surface area contributed by atoms with Crippen molar-refractivity contribution in [2.45, 2.75) is 39.7 Å². The molecule has 1 aromatic carbocycles. The highest BCUT2D eigenvalue weighted by Crippen LogP contribution is 2.29. The average Bonchev–Trinajstić information content (AvgIpc) is 2.45. The SMILES string of the molecule is CC(C)CC(C)OCCC(=O)N1CC(=O)Nc2ccccc21. The van der Waals surface area contributed by atoms with Crippen LogP contribution < -0.4 is 10.2 Å². The topological polar surface area (TPSA) is 58.6 Å². The fourth-order valence-corrected chi connectivity index (χ4v) is 2.67. The number of hydrogen-bond donors (Lipinski definition) is 1. The van der Waals surface area contributed by atoms with Gasteiger partial charge >= 0.3 is 0 Å². The molecule has 1 atom stereocenters. The Balaban J connectivity index is 1.91. The molecule has 1 unspecified atom stereocenters. The third-order valence-corrected chi connectivity index (χ3v) is 3.59. The smallest absolute Gasteiger partial charge is 0.244 e. The summed E-state index contributed by atoms with van der Waals surface area (Å²) in [4.78, 5) is 25.6. The van der Waals surface area contributed by atoms with Crippen molar-refractivity contribution in [1.29, 1.82) is 0 Å². The second-order valence-corrected chi connectivity index (χ2v) is 6.11. The second kappa shape index (κ2) is 7.40. The van der Waals surface area contributed by atoms with Crippen LogP contribution in [0.25, 0.3) is 0 Å². The number of para-hydroxylation sites is 2. The van der Waals surface area contributed by atoms with Gasteiger partial charge in [-0.3, -0.25) is 9.59 Å². The fourth-order valence-electron chi connectivity index (χ4n) is 2.67. The Kier molecular flexibility index (Phi) is 5.55. The zero-order valence-electron chi connectivity index (χ0n) is 13.5. The molecule has 1 heterocycles. The van der Waals surface area contributed by atoms with Crippen LogP contribution in [0.1, 0.15) is 33.6 Å². The number of hydrogen-bond acceptors (Lipinski definition) is 3. The van der Waals surface area contributed by atoms with Crippen LogP contribution in [0.3, 0.4) is 0 Å². The quantitative estimate of drug-likeness (QED) is 0.879. The second-order valence-electron chi connectivity index (χ2n) is 6.11. The predicted molar refractivity (Wildman–Crippen MR) is 86.9 cm³/mol. The van der Waals surface area contributed by atoms with Crippen LogP contribution in [0.2, 0.25) is 0 Å². The monoisotopic (exact) mass is 304 g/mol. The zero-order chi connectivity index (χ0) is 16.1. The molecule has 5 nitrogen and oxygen atoms in total. The lowest BCUT2D eigenvalue weighted by molar-refractivity contribution is -0.123. The van der Waals surface area contributed by atoms with Crippen molar-refractivity contribution < 1.29 is 14.3 Å². The summed E-state index contributed by atoms with van der Waals surface area (Å²) in [5.74, 6) is 0.323. The maximum Gasteiger partial charge on any atom is 0.244 e. The summed E-state index contributed by atoms with van der Waals surface area (Å²) in [5.41, 5.74) is 1.43. The van der Waals surface area contributed by atoms with Crippen LogP contribution in [-0.2, 0) is 14.3 Å². The minimum absolute atomic E-state index is 0.0669. The van der Waals surface area contributed by atoms with E-state index < -0.39 is 0 Å². The highest BCUT2D eigenvalue weighted by Gasteiger charge is 2.26. The number of benzene rings is 1. The molecule has 1 N–H and O–H groups in total. The molecule has 120 valence electrons. The molecule has 1 aliphatic rings. The van der Waals surface area contributed by atoms with Gasteiger partial charge in [-0.05, 0) is 31.4 Å². The van der Waals surface area contributed by atoms with Gasteiger partial charge in [-0.1, -0.05) is 26.0 Å². The summed E-state index contributed by atoms with van der Waals surface area (Å²) >= 11 is 0. The van der Waals surface area contributed by atoms with Crippen molar-refractivity contribution in [2.24, 2.45) is 5.92 Å². The van der Waals surface area contributed by atoms with Crippen LogP contribution in [-0.4, -0.2) is 31.1 Å². The maximum absolute atomic E-state index is 12.4. The van der Waals surface area contributed by atoms with E-state index in [1.165, 1.54) is 4.90 Å². The van der Waals surface area contributed by atoms with E-state index >= 15 is 0 Å². The Morgan fingerprint density at radius 3 is 2.77 bits per heavy atom. The van der Waals surface area contributed by atoms with Crippen molar-refractivity contribution >= 4 is 23.2 Å². The van der Waals surface area contributed by atoms with E-state index in [0.29, 0.717) is 18.2 Å². The van der Waals surface area contributed by atoms with Crippen LogP contribution in [0.4, 0.5) is 11.4 Å². The van der Waals surface area contributed by atoms with Crippen LogP contribution >= 0.6 is 0 Å². The molecule has 1 aliphatic heterocycles. The number of carbonyl (C=O) groups is 2. The molecule has 0 bridgehead atoms. The number of carbonyl (C=O) groups excluding carboxylic acids is 2. The molecule has 0 saturated heterocycles. The third-order valence-electron chi connectivity index (χ3n) is 3.59. The van der Waals surface area contributed by atoms with Gasteiger partial charge in [0.25, 0.3) is 0 Å². The standard InChI is InChI=1S/C17H24N2O3/c1-12(2)10-13(3)22-9-8-17(21)19-11-16(20)18-14-6-4-5-7-15(14)19/h4-7,12-13H,8-11H2,1-3H3,(H,18,20). The van der Waals surface area contributed by atoms with Gasteiger partial charge in [0, 0.05) is 0 Å².